The van der Waals surface area contributed by atoms with Gasteiger partial charge in [-0.1, -0.05) is 17.7 Å². The summed E-state index contributed by atoms with van der Waals surface area (Å²) in [4.78, 5) is 13.9. The minimum absolute atomic E-state index is 0.134. The van der Waals surface area contributed by atoms with E-state index in [-0.39, 0.29) is 5.91 Å². The van der Waals surface area contributed by atoms with Gasteiger partial charge in [-0.15, -0.1) is 0 Å². The Morgan fingerprint density at radius 3 is 2.32 bits per heavy atom. The molecule has 1 saturated heterocycles. The zero-order chi connectivity index (χ0) is 16.2. The highest BCUT2D eigenvalue weighted by molar-refractivity contribution is 7.92. The van der Waals surface area contributed by atoms with Gasteiger partial charge >= 0.3 is 0 Å². The number of amides is 1. The van der Waals surface area contributed by atoms with E-state index in [0.29, 0.717) is 25.1 Å². The molecule has 1 aromatic rings. The van der Waals surface area contributed by atoms with Crippen LogP contribution in [0.3, 0.4) is 0 Å². The zero-order valence-corrected chi connectivity index (χ0v) is 14.1. The van der Waals surface area contributed by atoms with Crippen molar-refractivity contribution in [3.63, 3.8) is 0 Å². The van der Waals surface area contributed by atoms with Crippen LogP contribution in [0.2, 0.25) is 0 Å². The van der Waals surface area contributed by atoms with E-state index in [1.807, 2.05) is 24.0 Å². The molecular formula is C16H24N2O3S. The molecule has 5 nitrogen and oxygen atoms in total. The molecule has 1 heterocycles. The molecule has 0 saturated carbocycles. The first-order chi connectivity index (χ1) is 10.4. The quantitative estimate of drug-likeness (QED) is 0.806. The first-order valence-corrected chi connectivity index (χ1v) is 9.55. The Kier molecular flexibility index (Phi) is 5.45. The number of carbonyl (C=O) groups is 1. The SMILES string of the molecule is Cc1ccc(N(CCCC(=O)N2CCCC2)S(C)(=O)=O)cc1. The highest BCUT2D eigenvalue weighted by Gasteiger charge is 2.20. The molecule has 0 atom stereocenters. The van der Waals surface area contributed by atoms with Gasteiger partial charge in [-0.25, -0.2) is 8.42 Å². The number of rotatable bonds is 6. The van der Waals surface area contributed by atoms with E-state index in [9.17, 15) is 13.2 Å². The van der Waals surface area contributed by atoms with Gasteiger partial charge in [-0.05, 0) is 38.3 Å². The van der Waals surface area contributed by atoms with Gasteiger partial charge in [0.2, 0.25) is 15.9 Å². The smallest absolute Gasteiger partial charge is 0.232 e. The molecule has 0 radical (unpaired) electrons. The van der Waals surface area contributed by atoms with Crippen LogP contribution in [0.5, 0.6) is 0 Å². The molecule has 2 rings (SSSR count). The molecule has 1 fully saturated rings. The molecule has 0 N–H and O–H groups in total. The number of sulfonamides is 1. The van der Waals surface area contributed by atoms with Crippen LogP contribution in [0.1, 0.15) is 31.2 Å². The summed E-state index contributed by atoms with van der Waals surface area (Å²) in [5, 5.41) is 0. The number of hydrogen-bond acceptors (Lipinski definition) is 3. The molecule has 122 valence electrons. The minimum atomic E-state index is -3.34. The Morgan fingerprint density at radius 1 is 1.18 bits per heavy atom. The van der Waals surface area contributed by atoms with Crippen LogP contribution in [0, 0.1) is 6.92 Å². The molecule has 1 aliphatic rings. The molecule has 0 aromatic heterocycles. The number of hydrogen-bond donors (Lipinski definition) is 0. The second-order valence-electron chi connectivity index (χ2n) is 5.86. The van der Waals surface area contributed by atoms with Crippen LogP contribution >= 0.6 is 0 Å². The van der Waals surface area contributed by atoms with Crippen LogP contribution in [-0.4, -0.2) is 45.1 Å². The normalized spacial score (nSPS) is 15.1. The topological polar surface area (TPSA) is 57.7 Å². The lowest BCUT2D eigenvalue weighted by molar-refractivity contribution is -0.130. The summed E-state index contributed by atoms with van der Waals surface area (Å²) in [6.07, 6.45) is 4.29. The van der Waals surface area contributed by atoms with Gasteiger partial charge in [0.25, 0.3) is 0 Å². The summed E-state index contributed by atoms with van der Waals surface area (Å²) in [7, 11) is -3.34. The average Bonchev–Trinajstić information content (AvgIpc) is 2.97. The van der Waals surface area contributed by atoms with Gasteiger partial charge < -0.3 is 4.90 Å². The van der Waals surface area contributed by atoms with E-state index in [1.54, 1.807) is 12.1 Å². The summed E-state index contributed by atoms with van der Waals surface area (Å²) in [5.41, 5.74) is 1.74. The molecular weight excluding hydrogens is 300 g/mol. The average molecular weight is 324 g/mol. The predicted octanol–water partition coefficient (Wildman–Crippen LogP) is 2.16. The summed E-state index contributed by atoms with van der Waals surface area (Å²) in [6, 6.07) is 7.39. The summed E-state index contributed by atoms with van der Waals surface area (Å²) < 4.78 is 25.3. The van der Waals surface area contributed by atoms with E-state index in [0.717, 1.165) is 31.5 Å². The highest BCUT2D eigenvalue weighted by atomic mass is 32.2. The van der Waals surface area contributed by atoms with Crippen molar-refractivity contribution in [3.05, 3.63) is 29.8 Å². The molecule has 1 aliphatic heterocycles. The van der Waals surface area contributed by atoms with Crippen molar-refractivity contribution in [1.82, 2.24) is 4.90 Å². The first kappa shape index (κ1) is 16.8. The van der Waals surface area contributed by atoms with Crippen LogP contribution in [0.15, 0.2) is 24.3 Å². The Hall–Kier alpha value is -1.56. The minimum Gasteiger partial charge on any atom is -0.343 e. The lowest BCUT2D eigenvalue weighted by Gasteiger charge is -2.23. The van der Waals surface area contributed by atoms with Gasteiger partial charge in [-0.2, -0.15) is 0 Å². The van der Waals surface area contributed by atoms with Crippen molar-refractivity contribution >= 4 is 21.6 Å². The molecule has 1 amide bonds. The van der Waals surface area contributed by atoms with Crippen molar-refractivity contribution in [2.75, 3.05) is 30.2 Å². The number of nitrogens with zero attached hydrogens (tertiary/aromatic N) is 2. The first-order valence-electron chi connectivity index (χ1n) is 7.70. The fourth-order valence-corrected chi connectivity index (χ4v) is 3.66. The number of carbonyl (C=O) groups excluding carboxylic acids is 1. The maximum absolute atomic E-state index is 12.0. The van der Waals surface area contributed by atoms with Crippen molar-refractivity contribution in [1.29, 1.82) is 0 Å². The molecule has 0 aliphatic carbocycles. The third-order valence-electron chi connectivity index (χ3n) is 3.93. The molecule has 0 unspecified atom stereocenters. The Balaban J connectivity index is 1.96. The van der Waals surface area contributed by atoms with Gasteiger partial charge in [0.05, 0.1) is 11.9 Å². The van der Waals surface area contributed by atoms with Crippen molar-refractivity contribution < 1.29 is 13.2 Å². The second-order valence-corrected chi connectivity index (χ2v) is 7.77. The lowest BCUT2D eigenvalue weighted by atomic mass is 10.2. The van der Waals surface area contributed by atoms with E-state index in [2.05, 4.69) is 0 Å². The fourth-order valence-electron chi connectivity index (χ4n) is 2.70. The lowest BCUT2D eigenvalue weighted by Crippen LogP contribution is -2.32. The van der Waals surface area contributed by atoms with E-state index >= 15 is 0 Å². The zero-order valence-electron chi connectivity index (χ0n) is 13.3. The molecule has 0 bridgehead atoms. The molecule has 22 heavy (non-hydrogen) atoms. The molecule has 6 heteroatoms. The van der Waals surface area contributed by atoms with Crippen LogP contribution in [0.25, 0.3) is 0 Å². The summed E-state index contributed by atoms with van der Waals surface area (Å²) in [5.74, 6) is 0.134. The van der Waals surface area contributed by atoms with E-state index in [4.69, 9.17) is 0 Å². The number of benzene rings is 1. The fraction of sp³-hybridized carbons (Fsp3) is 0.562. The maximum atomic E-state index is 12.0. The Labute approximate surface area is 133 Å². The van der Waals surface area contributed by atoms with Gasteiger partial charge in [0, 0.05) is 26.1 Å². The Bertz CT molecular complexity index is 605. The number of aryl methyl sites for hydroxylation is 1. The van der Waals surface area contributed by atoms with Crippen molar-refractivity contribution in [2.24, 2.45) is 0 Å². The van der Waals surface area contributed by atoms with Crippen molar-refractivity contribution in [3.8, 4) is 0 Å². The predicted molar refractivity (Wildman–Crippen MR) is 88.4 cm³/mol. The molecule has 0 spiro atoms. The maximum Gasteiger partial charge on any atom is 0.232 e. The highest BCUT2D eigenvalue weighted by Crippen LogP contribution is 2.19. The third kappa shape index (κ3) is 4.47. The van der Waals surface area contributed by atoms with Crippen LogP contribution in [0.4, 0.5) is 5.69 Å². The third-order valence-corrected chi connectivity index (χ3v) is 5.13. The number of anilines is 1. The van der Waals surface area contributed by atoms with E-state index < -0.39 is 10.0 Å². The van der Waals surface area contributed by atoms with E-state index in [1.165, 1.54) is 10.6 Å². The second kappa shape index (κ2) is 7.13. The van der Waals surface area contributed by atoms with Crippen LogP contribution < -0.4 is 4.31 Å². The largest absolute Gasteiger partial charge is 0.343 e. The summed E-state index contributed by atoms with van der Waals surface area (Å²) >= 11 is 0. The van der Waals surface area contributed by atoms with Gasteiger partial charge in [0.1, 0.15) is 0 Å². The standard InChI is InChI=1S/C16H24N2O3S/c1-14-7-9-15(10-8-14)18(22(2,20)21)13-5-6-16(19)17-11-3-4-12-17/h7-10H,3-6,11-13H2,1-2H3. The van der Waals surface area contributed by atoms with Gasteiger partial charge in [0.15, 0.2) is 0 Å². The molecule has 1 aromatic carbocycles. The van der Waals surface area contributed by atoms with Crippen LogP contribution in [-0.2, 0) is 14.8 Å². The Morgan fingerprint density at radius 2 is 1.77 bits per heavy atom. The monoisotopic (exact) mass is 324 g/mol. The summed E-state index contributed by atoms with van der Waals surface area (Å²) in [6.45, 7) is 3.98. The van der Waals surface area contributed by atoms with Gasteiger partial charge in [-0.3, -0.25) is 9.10 Å². The number of likely N-dealkylation sites (tertiary alicyclic amines) is 1. The van der Waals surface area contributed by atoms with Crippen molar-refractivity contribution in [2.45, 2.75) is 32.6 Å².